The van der Waals surface area contributed by atoms with Crippen molar-refractivity contribution in [3.63, 3.8) is 0 Å². The number of hydrogen-bond donors (Lipinski definition) is 2. The quantitative estimate of drug-likeness (QED) is 0.833. The zero-order chi connectivity index (χ0) is 12.3. The standard InChI is InChI=1S/C13H12FN3O.ClH/c14-7-1-9-10(15-5-7)2-11(17-12(9)18)13-3-8(4-13)16-6-13;/h1-2,5,8,16H,3-4,6H2,(H,17,18);1H. The lowest BCUT2D eigenvalue weighted by Gasteiger charge is -2.36. The molecule has 5 rings (SSSR count). The monoisotopic (exact) mass is 281 g/mol. The van der Waals surface area contributed by atoms with Crippen LogP contribution in [0.25, 0.3) is 10.9 Å². The third-order valence-electron chi connectivity index (χ3n) is 4.23. The molecule has 2 N–H and O–H groups in total. The number of fused-ring (bicyclic) bond motifs is 2. The molecule has 6 heteroatoms. The number of hydrogen-bond acceptors (Lipinski definition) is 3. The van der Waals surface area contributed by atoms with E-state index in [0.717, 1.165) is 31.3 Å². The molecule has 3 fully saturated rings. The van der Waals surface area contributed by atoms with Gasteiger partial charge in [-0.2, -0.15) is 0 Å². The van der Waals surface area contributed by atoms with E-state index in [-0.39, 0.29) is 23.4 Å². The summed E-state index contributed by atoms with van der Waals surface area (Å²) in [7, 11) is 0. The third kappa shape index (κ3) is 1.69. The molecule has 0 aromatic carbocycles. The van der Waals surface area contributed by atoms with Gasteiger partial charge < -0.3 is 10.3 Å². The maximum absolute atomic E-state index is 13.1. The molecule has 100 valence electrons. The average Bonchev–Trinajstić information content (AvgIpc) is 2.89. The molecule has 4 heterocycles. The van der Waals surface area contributed by atoms with Gasteiger partial charge in [-0.15, -0.1) is 12.4 Å². The van der Waals surface area contributed by atoms with Gasteiger partial charge in [0.1, 0.15) is 5.82 Å². The van der Waals surface area contributed by atoms with Crippen molar-refractivity contribution >= 4 is 23.3 Å². The van der Waals surface area contributed by atoms with Crippen LogP contribution in [0.15, 0.2) is 23.1 Å². The first kappa shape index (κ1) is 12.6. The number of aromatic amines is 1. The Morgan fingerprint density at radius 3 is 2.84 bits per heavy atom. The molecule has 2 aromatic rings. The van der Waals surface area contributed by atoms with Crippen LogP contribution in [0.3, 0.4) is 0 Å². The van der Waals surface area contributed by atoms with Gasteiger partial charge in [0, 0.05) is 23.7 Å². The minimum absolute atomic E-state index is 0. The maximum atomic E-state index is 13.1. The van der Waals surface area contributed by atoms with Crippen molar-refractivity contribution in [3.8, 4) is 0 Å². The number of nitrogens with zero attached hydrogens (tertiary/aromatic N) is 1. The molecule has 0 atom stereocenters. The predicted octanol–water partition coefficient (Wildman–Crippen LogP) is 1.49. The second kappa shape index (κ2) is 4.02. The van der Waals surface area contributed by atoms with Gasteiger partial charge in [-0.1, -0.05) is 0 Å². The zero-order valence-corrected chi connectivity index (χ0v) is 10.9. The van der Waals surface area contributed by atoms with Gasteiger partial charge in [-0.05, 0) is 25.0 Å². The molecule has 2 bridgehead atoms. The first-order valence-electron chi connectivity index (χ1n) is 6.09. The highest BCUT2D eigenvalue weighted by molar-refractivity contribution is 5.85. The summed E-state index contributed by atoms with van der Waals surface area (Å²) in [5, 5.41) is 3.72. The molecule has 0 radical (unpaired) electrons. The number of rotatable bonds is 1. The van der Waals surface area contributed by atoms with Gasteiger partial charge in [0.15, 0.2) is 0 Å². The molecule has 2 aliphatic heterocycles. The number of nitrogens with one attached hydrogen (secondary N) is 2. The number of aromatic nitrogens is 2. The van der Waals surface area contributed by atoms with E-state index in [4.69, 9.17) is 0 Å². The Kier molecular flexibility index (Phi) is 2.66. The summed E-state index contributed by atoms with van der Waals surface area (Å²) in [6.45, 7) is 0.903. The molecule has 4 nitrogen and oxygen atoms in total. The van der Waals surface area contributed by atoms with Crippen molar-refractivity contribution in [3.05, 3.63) is 40.2 Å². The van der Waals surface area contributed by atoms with Crippen molar-refractivity contribution in [2.24, 2.45) is 0 Å². The highest BCUT2D eigenvalue weighted by Gasteiger charge is 2.52. The van der Waals surface area contributed by atoms with E-state index in [0.29, 0.717) is 16.9 Å². The molecule has 0 unspecified atom stereocenters. The normalized spacial score (nSPS) is 27.9. The first-order chi connectivity index (χ1) is 8.66. The first-order valence-corrected chi connectivity index (χ1v) is 6.09. The summed E-state index contributed by atoms with van der Waals surface area (Å²) < 4.78 is 13.1. The van der Waals surface area contributed by atoms with Crippen molar-refractivity contribution < 1.29 is 4.39 Å². The molecule has 19 heavy (non-hydrogen) atoms. The molecular weight excluding hydrogens is 269 g/mol. The smallest absolute Gasteiger partial charge is 0.257 e. The van der Waals surface area contributed by atoms with Crippen LogP contribution in [-0.4, -0.2) is 22.6 Å². The summed E-state index contributed by atoms with van der Waals surface area (Å²) in [6.07, 6.45) is 3.28. The second-order valence-electron chi connectivity index (χ2n) is 5.36. The molecule has 1 saturated carbocycles. The van der Waals surface area contributed by atoms with Crippen LogP contribution in [0.2, 0.25) is 0 Å². The van der Waals surface area contributed by atoms with Crippen LogP contribution in [-0.2, 0) is 5.41 Å². The Morgan fingerprint density at radius 1 is 1.37 bits per heavy atom. The van der Waals surface area contributed by atoms with E-state index in [1.165, 1.54) is 6.07 Å². The molecule has 2 aromatic heterocycles. The minimum Gasteiger partial charge on any atom is -0.325 e. The van der Waals surface area contributed by atoms with Crippen LogP contribution >= 0.6 is 12.4 Å². The summed E-state index contributed by atoms with van der Waals surface area (Å²) in [5.41, 5.74) is 1.31. The van der Waals surface area contributed by atoms with Crippen LogP contribution in [0.5, 0.6) is 0 Å². The topological polar surface area (TPSA) is 57.8 Å². The lowest BCUT2D eigenvalue weighted by molar-refractivity contribution is 0.297. The summed E-state index contributed by atoms with van der Waals surface area (Å²) in [5.74, 6) is -0.481. The fourth-order valence-corrected chi connectivity index (χ4v) is 3.22. The number of halogens is 2. The van der Waals surface area contributed by atoms with E-state index < -0.39 is 5.82 Å². The number of H-pyrrole nitrogens is 1. The van der Waals surface area contributed by atoms with Gasteiger partial charge >= 0.3 is 0 Å². The highest BCUT2D eigenvalue weighted by atomic mass is 35.5. The summed E-state index contributed by atoms with van der Waals surface area (Å²) in [4.78, 5) is 18.9. The van der Waals surface area contributed by atoms with Crippen LogP contribution in [0, 0.1) is 5.82 Å². The fourth-order valence-electron chi connectivity index (χ4n) is 3.22. The van der Waals surface area contributed by atoms with E-state index in [9.17, 15) is 9.18 Å². The Labute approximate surface area is 114 Å². The molecule has 2 saturated heterocycles. The van der Waals surface area contributed by atoms with E-state index in [1.54, 1.807) is 0 Å². The van der Waals surface area contributed by atoms with Gasteiger partial charge in [-0.3, -0.25) is 9.78 Å². The van der Waals surface area contributed by atoms with Gasteiger partial charge in [-0.25, -0.2) is 4.39 Å². The van der Waals surface area contributed by atoms with Gasteiger partial charge in [0.25, 0.3) is 5.56 Å². The SMILES string of the molecule is Cl.O=c1[nH]c(C23CNC(C2)C3)cc2ncc(F)cc12. The van der Waals surface area contributed by atoms with Crippen molar-refractivity contribution in [2.45, 2.75) is 24.3 Å². The Balaban J connectivity index is 0.00000110. The maximum Gasteiger partial charge on any atom is 0.257 e. The minimum atomic E-state index is -0.481. The van der Waals surface area contributed by atoms with Crippen LogP contribution in [0.4, 0.5) is 4.39 Å². The van der Waals surface area contributed by atoms with E-state index in [1.807, 2.05) is 6.07 Å². The van der Waals surface area contributed by atoms with Crippen molar-refractivity contribution in [1.29, 1.82) is 0 Å². The van der Waals surface area contributed by atoms with Gasteiger partial charge in [0.05, 0.1) is 17.1 Å². The molecule has 3 aliphatic rings. The van der Waals surface area contributed by atoms with Crippen molar-refractivity contribution in [2.75, 3.05) is 6.54 Å². The van der Waals surface area contributed by atoms with Crippen LogP contribution in [0.1, 0.15) is 18.5 Å². The average molecular weight is 282 g/mol. The summed E-state index contributed by atoms with van der Waals surface area (Å²) in [6, 6.07) is 3.71. The molecular formula is C13H13ClFN3O. The predicted molar refractivity (Wildman–Crippen MR) is 72.3 cm³/mol. The van der Waals surface area contributed by atoms with Crippen LogP contribution < -0.4 is 10.9 Å². The Bertz CT molecular complexity index is 703. The Morgan fingerprint density at radius 2 is 2.16 bits per heavy atom. The zero-order valence-electron chi connectivity index (χ0n) is 10.1. The fraction of sp³-hybridized carbons (Fsp3) is 0.385. The summed E-state index contributed by atoms with van der Waals surface area (Å²) >= 11 is 0. The molecule has 1 aliphatic carbocycles. The lowest BCUT2D eigenvalue weighted by Crippen LogP contribution is -2.39. The highest BCUT2D eigenvalue weighted by Crippen LogP contribution is 2.47. The third-order valence-corrected chi connectivity index (χ3v) is 4.23. The second-order valence-corrected chi connectivity index (χ2v) is 5.36. The van der Waals surface area contributed by atoms with E-state index in [2.05, 4.69) is 15.3 Å². The van der Waals surface area contributed by atoms with Crippen molar-refractivity contribution in [1.82, 2.24) is 15.3 Å². The lowest BCUT2D eigenvalue weighted by atomic mass is 9.68. The van der Waals surface area contributed by atoms with E-state index >= 15 is 0 Å². The Hall–Kier alpha value is -1.46. The molecule has 0 spiro atoms. The number of pyridine rings is 2. The largest absolute Gasteiger partial charge is 0.325 e. The molecule has 0 amide bonds. The van der Waals surface area contributed by atoms with Gasteiger partial charge in [0.2, 0.25) is 0 Å².